The summed E-state index contributed by atoms with van der Waals surface area (Å²) >= 11 is 0. The van der Waals surface area contributed by atoms with E-state index in [-0.39, 0.29) is 6.04 Å². The molecule has 0 spiro atoms. The summed E-state index contributed by atoms with van der Waals surface area (Å²) in [7, 11) is 0. The van der Waals surface area contributed by atoms with Crippen molar-refractivity contribution in [3.05, 3.63) is 59.7 Å². The van der Waals surface area contributed by atoms with Gasteiger partial charge in [0, 0.05) is 6.04 Å². The Hall–Kier alpha value is -1.60. The Morgan fingerprint density at radius 3 is 1.74 bits per heavy atom. The van der Waals surface area contributed by atoms with Gasteiger partial charge in [0.25, 0.3) is 0 Å². The zero-order valence-electron chi connectivity index (χ0n) is 11.9. The number of hydrogen-bond acceptors (Lipinski definition) is 1. The van der Waals surface area contributed by atoms with Gasteiger partial charge in [0.2, 0.25) is 0 Å². The van der Waals surface area contributed by atoms with Crippen LogP contribution in [0.3, 0.4) is 0 Å². The van der Waals surface area contributed by atoms with Crippen molar-refractivity contribution >= 4 is 0 Å². The van der Waals surface area contributed by atoms with Crippen molar-refractivity contribution in [3.8, 4) is 11.1 Å². The fraction of sp³-hybridized carbons (Fsp3) is 0.333. The van der Waals surface area contributed by atoms with Crippen LogP contribution < -0.4 is 5.73 Å². The highest BCUT2D eigenvalue weighted by atomic mass is 14.6. The number of aryl methyl sites for hydroxylation is 1. The molecule has 0 aliphatic carbocycles. The summed E-state index contributed by atoms with van der Waals surface area (Å²) in [6, 6.07) is 17.8. The number of benzene rings is 2. The zero-order valence-corrected chi connectivity index (χ0v) is 11.9. The van der Waals surface area contributed by atoms with Gasteiger partial charge in [-0.05, 0) is 42.0 Å². The number of rotatable bonds is 5. The summed E-state index contributed by atoms with van der Waals surface area (Å²) in [4.78, 5) is 0. The molecule has 2 N–H and O–H groups in total. The minimum Gasteiger partial charge on any atom is -0.328 e. The first-order valence-electron chi connectivity index (χ1n) is 7.13. The molecule has 100 valence electrons. The molecule has 0 saturated heterocycles. The molecule has 1 unspecified atom stereocenters. The van der Waals surface area contributed by atoms with E-state index in [0.717, 1.165) is 12.8 Å². The van der Waals surface area contributed by atoms with E-state index < -0.39 is 0 Å². The summed E-state index contributed by atoms with van der Waals surface area (Å²) in [6.45, 7) is 4.26. The highest BCUT2D eigenvalue weighted by Gasteiger charge is 2.00. The Morgan fingerprint density at radius 2 is 1.32 bits per heavy atom. The van der Waals surface area contributed by atoms with Gasteiger partial charge in [-0.15, -0.1) is 0 Å². The van der Waals surface area contributed by atoms with Crippen molar-refractivity contribution < 1.29 is 0 Å². The molecule has 0 heterocycles. The monoisotopic (exact) mass is 253 g/mol. The Labute approximate surface area is 116 Å². The summed E-state index contributed by atoms with van der Waals surface area (Å²) in [5.41, 5.74) is 11.1. The molecule has 2 aromatic rings. The predicted octanol–water partition coefficient (Wildman–Crippen LogP) is 4.20. The lowest BCUT2D eigenvalue weighted by molar-refractivity contribution is 0.738. The maximum atomic E-state index is 5.82. The standard InChI is InChI=1S/C18H23N/c1-3-4-15-5-9-17(10-6-15)18-11-7-16(8-12-18)13-14(2)19/h5-12,14H,3-4,13,19H2,1-2H3. The number of hydrogen-bond donors (Lipinski definition) is 1. The lowest BCUT2D eigenvalue weighted by Crippen LogP contribution is -2.17. The first kappa shape index (κ1) is 13.8. The van der Waals surface area contributed by atoms with Gasteiger partial charge in [0.15, 0.2) is 0 Å². The van der Waals surface area contributed by atoms with Crippen molar-refractivity contribution in [2.45, 2.75) is 39.2 Å². The first-order valence-corrected chi connectivity index (χ1v) is 7.13. The molecule has 2 rings (SSSR count). The molecule has 1 heteroatoms. The summed E-state index contributed by atoms with van der Waals surface area (Å²) in [5.74, 6) is 0. The van der Waals surface area contributed by atoms with Crippen LogP contribution in [0.15, 0.2) is 48.5 Å². The van der Waals surface area contributed by atoms with Crippen molar-refractivity contribution in [1.29, 1.82) is 0 Å². The Balaban J connectivity index is 2.13. The van der Waals surface area contributed by atoms with Crippen LogP contribution in [-0.2, 0) is 12.8 Å². The van der Waals surface area contributed by atoms with E-state index in [2.05, 4.69) is 55.5 Å². The normalized spacial score (nSPS) is 12.4. The third kappa shape index (κ3) is 3.93. The smallest absolute Gasteiger partial charge is 0.00509 e. The maximum absolute atomic E-state index is 5.82. The van der Waals surface area contributed by atoms with E-state index in [1.165, 1.54) is 28.7 Å². The quantitative estimate of drug-likeness (QED) is 0.849. The molecular formula is C18H23N. The van der Waals surface area contributed by atoms with E-state index in [0.29, 0.717) is 0 Å². The Kier molecular flexibility index (Phi) is 4.75. The van der Waals surface area contributed by atoms with Crippen LogP contribution in [0.1, 0.15) is 31.4 Å². The van der Waals surface area contributed by atoms with Gasteiger partial charge in [-0.25, -0.2) is 0 Å². The first-order chi connectivity index (χ1) is 9.19. The van der Waals surface area contributed by atoms with Gasteiger partial charge in [-0.3, -0.25) is 0 Å². The predicted molar refractivity (Wildman–Crippen MR) is 83.2 cm³/mol. The average Bonchev–Trinajstić information content (AvgIpc) is 2.40. The number of nitrogens with two attached hydrogens (primary N) is 1. The van der Waals surface area contributed by atoms with E-state index in [9.17, 15) is 0 Å². The van der Waals surface area contributed by atoms with Crippen molar-refractivity contribution in [3.63, 3.8) is 0 Å². The topological polar surface area (TPSA) is 26.0 Å². The summed E-state index contributed by atoms with van der Waals surface area (Å²) in [5, 5.41) is 0. The van der Waals surface area contributed by atoms with Crippen LogP contribution >= 0.6 is 0 Å². The van der Waals surface area contributed by atoms with Gasteiger partial charge in [-0.1, -0.05) is 61.9 Å². The lowest BCUT2D eigenvalue weighted by Gasteiger charge is -2.07. The van der Waals surface area contributed by atoms with E-state index in [4.69, 9.17) is 5.73 Å². The second-order valence-corrected chi connectivity index (χ2v) is 5.33. The van der Waals surface area contributed by atoms with Crippen molar-refractivity contribution in [1.82, 2.24) is 0 Å². The second-order valence-electron chi connectivity index (χ2n) is 5.33. The molecule has 0 aliphatic heterocycles. The van der Waals surface area contributed by atoms with Gasteiger partial charge in [0.1, 0.15) is 0 Å². The fourth-order valence-electron chi connectivity index (χ4n) is 2.36. The second kappa shape index (κ2) is 6.53. The lowest BCUT2D eigenvalue weighted by atomic mass is 9.99. The SMILES string of the molecule is CCCc1ccc(-c2ccc(CC(C)N)cc2)cc1. The minimum absolute atomic E-state index is 0.221. The van der Waals surface area contributed by atoms with Gasteiger partial charge in [-0.2, -0.15) is 0 Å². The molecule has 19 heavy (non-hydrogen) atoms. The third-order valence-electron chi connectivity index (χ3n) is 3.34. The van der Waals surface area contributed by atoms with E-state index >= 15 is 0 Å². The van der Waals surface area contributed by atoms with Gasteiger partial charge in [0.05, 0.1) is 0 Å². The Morgan fingerprint density at radius 1 is 0.842 bits per heavy atom. The van der Waals surface area contributed by atoms with Crippen molar-refractivity contribution in [2.75, 3.05) is 0 Å². The van der Waals surface area contributed by atoms with Crippen LogP contribution in [0.5, 0.6) is 0 Å². The van der Waals surface area contributed by atoms with Gasteiger partial charge >= 0.3 is 0 Å². The maximum Gasteiger partial charge on any atom is 0.00509 e. The molecule has 0 amide bonds. The van der Waals surface area contributed by atoms with Crippen molar-refractivity contribution in [2.24, 2.45) is 5.73 Å². The molecular weight excluding hydrogens is 230 g/mol. The zero-order chi connectivity index (χ0) is 13.7. The molecule has 0 saturated carbocycles. The largest absolute Gasteiger partial charge is 0.328 e. The highest BCUT2D eigenvalue weighted by Crippen LogP contribution is 2.21. The van der Waals surface area contributed by atoms with Crippen LogP contribution in [0.25, 0.3) is 11.1 Å². The molecule has 1 nitrogen and oxygen atoms in total. The van der Waals surface area contributed by atoms with E-state index in [1.54, 1.807) is 0 Å². The van der Waals surface area contributed by atoms with Crippen LogP contribution in [-0.4, -0.2) is 6.04 Å². The minimum atomic E-state index is 0.221. The molecule has 0 radical (unpaired) electrons. The summed E-state index contributed by atoms with van der Waals surface area (Å²) in [6.07, 6.45) is 3.30. The van der Waals surface area contributed by atoms with Crippen LogP contribution in [0.2, 0.25) is 0 Å². The third-order valence-corrected chi connectivity index (χ3v) is 3.34. The van der Waals surface area contributed by atoms with Crippen LogP contribution in [0, 0.1) is 0 Å². The molecule has 1 atom stereocenters. The molecule has 0 bridgehead atoms. The Bertz CT molecular complexity index is 494. The molecule has 0 fully saturated rings. The van der Waals surface area contributed by atoms with Crippen LogP contribution in [0.4, 0.5) is 0 Å². The molecule has 0 aliphatic rings. The molecule has 0 aromatic heterocycles. The highest BCUT2D eigenvalue weighted by molar-refractivity contribution is 5.64. The van der Waals surface area contributed by atoms with E-state index in [1.807, 2.05) is 6.92 Å². The summed E-state index contributed by atoms with van der Waals surface area (Å²) < 4.78 is 0. The molecule has 2 aromatic carbocycles. The van der Waals surface area contributed by atoms with Gasteiger partial charge < -0.3 is 5.73 Å². The fourth-order valence-corrected chi connectivity index (χ4v) is 2.36. The average molecular weight is 253 g/mol.